The Morgan fingerprint density at radius 2 is 1.80 bits per heavy atom. The van der Waals surface area contributed by atoms with E-state index in [2.05, 4.69) is 28.1 Å². The highest BCUT2D eigenvalue weighted by Gasteiger charge is 2.37. The second-order valence-electron chi connectivity index (χ2n) is 6.75. The molecule has 0 aliphatic heterocycles. The van der Waals surface area contributed by atoms with Crippen molar-refractivity contribution in [3.63, 3.8) is 0 Å². The molecule has 1 saturated carbocycles. The molecule has 3 rings (SSSR count). The molecule has 0 spiro atoms. The van der Waals surface area contributed by atoms with Crippen LogP contribution in [0.4, 0.5) is 0 Å². The van der Waals surface area contributed by atoms with Crippen molar-refractivity contribution in [3.05, 3.63) is 58.3 Å². The number of carbonyl (C=O) groups is 2. The fraction of sp³-hybridized carbons (Fsp3) is 0.400. The van der Waals surface area contributed by atoms with E-state index < -0.39 is 11.8 Å². The number of carbonyl (C=O) groups excluding carboxylic acids is 2. The van der Waals surface area contributed by atoms with Crippen molar-refractivity contribution in [3.8, 4) is 0 Å². The van der Waals surface area contributed by atoms with E-state index in [1.807, 2.05) is 37.3 Å². The Hall–Kier alpha value is -2.14. The summed E-state index contributed by atoms with van der Waals surface area (Å²) in [5, 5.41) is 7.71. The van der Waals surface area contributed by atoms with Gasteiger partial charge in [0.15, 0.2) is 0 Å². The number of rotatable bonds is 5. The fourth-order valence-corrected chi connectivity index (χ4v) is 4.55. The minimum atomic E-state index is -0.573. The van der Waals surface area contributed by atoms with Crippen molar-refractivity contribution < 1.29 is 9.59 Å². The van der Waals surface area contributed by atoms with Crippen LogP contribution in [-0.4, -0.2) is 18.4 Å². The molecular weight excluding hydrogens is 332 g/mol. The molecule has 1 aromatic heterocycles. The molecule has 2 amide bonds. The molecular formula is C20H24N2O2S. The van der Waals surface area contributed by atoms with Crippen molar-refractivity contribution in [2.75, 3.05) is 6.54 Å². The summed E-state index contributed by atoms with van der Waals surface area (Å²) in [7, 11) is 0. The minimum absolute atomic E-state index is 0.00481. The molecule has 2 aromatic rings. The third kappa shape index (κ3) is 4.10. The molecule has 1 aliphatic rings. The minimum Gasteiger partial charge on any atom is -0.347 e. The van der Waals surface area contributed by atoms with Gasteiger partial charge >= 0.3 is 11.8 Å². The molecule has 132 valence electrons. The summed E-state index contributed by atoms with van der Waals surface area (Å²) in [6.07, 6.45) is 4.47. The van der Waals surface area contributed by atoms with Crippen LogP contribution in [0.1, 0.15) is 49.1 Å². The zero-order chi connectivity index (χ0) is 17.7. The number of amides is 2. The van der Waals surface area contributed by atoms with Crippen molar-refractivity contribution in [2.45, 2.75) is 44.1 Å². The lowest BCUT2D eigenvalue weighted by atomic mass is 9.84. The molecule has 5 heteroatoms. The Labute approximate surface area is 152 Å². The van der Waals surface area contributed by atoms with Crippen molar-refractivity contribution >= 4 is 23.2 Å². The van der Waals surface area contributed by atoms with E-state index in [1.54, 1.807) is 11.3 Å². The van der Waals surface area contributed by atoms with Gasteiger partial charge in [0.25, 0.3) is 0 Å². The molecule has 25 heavy (non-hydrogen) atoms. The third-order valence-electron chi connectivity index (χ3n) is 5.05. The highest BCUT2D eigenvalue weighted by molar-refractivity contribution is 7.10. The van der Waals surface area contributed by atoms with Gasteiger partial charge in [0, 0.05) is 16.8 Å². The van der Waals surface area contributed by atoms with Gasteiger partial charge in [0.05, 0.1) is 6.04 Å². The Morgan fingerprint density at radius 3 is 2.44 bits per heavy atom. The predicted octanol–water partition coefficient (Wildman–Crippen LogP) is 3.55. The maximum Gasteiger partial charge on any atom is 0.309 e. The van der Waals surface area contributed by atoms with E-state index in [0.717, 1.165) is 18.4 Å². The first-order valence-corrected chi connectivity index (χ1v) is 9.66. The molecule has 1 fully saturated rings. The summed E-state index contributed by atoms with van der Waals surface area (Å²) in [6, 6.07) is 13.6. The van der Waals surface area contributed by atoms with E-state index in [4.69, 9.17) is 0 Å². The van der Waals surface area contributed by atoms with Gasteiger partial charge in [-0.2, -0.15) is 0 Å². The Kier molecular flexibility index (Phi) is 5.53. The number of benzene rings is 1. The van der Waals surface area contributed by atoms with Crippen LogP contribution in [0.25, 0.3) is 0 Å². The summed E-state index contributed by atoms with van der Waals surface area (Å²) in [5.41, 5.74) is 0.976. The summed E-state index contributed by atoms with van der Waals surface area (Å²) >= 11 is 1.74. The molecule has 1 unspecified atom stereocenters. The van der Waals surface area contributed by atoms with Crippen LogP contribution in [0.5, 0.6) is 0 Å². The van der Waals surface area contributed by atoms with E-state index >= 15 is 0 Å². The molecule has 0 saturated heterocycles. The van der Waals surface area contributed by atoms with Crippen LogP contribution in [0.3, 0.4) is 0 Å². The maximum absolute atomic E-state index is 12.3. The molecule has 0 bridgehead atoms. The van der Waals surface area contributed by atoms with Gasteiger partial charge < -0.3 is 10.6 Å². The largest absolute Gasteiger partial charge is 0.347 e. The van der Waals surface area contributed by atoms with Gasteiger partial charge in [0.2, 0.25) is 0 Å². The average Bonchev–Trinajstić information content (AvgIpc) is 3.32. The lowest BCUT2D eigenvalue weighted by Gasteiger charge is -2.28. The molecule has 0 radical (unpaired) electrons. The van der Waals surface area contributed by atoms with Crippen molar-refractivity contribution in [2.24, 2.45) is 0 Å². The number of hydrogen-bond donors (Lipinski definition) is 2. The van der Waals surface area contributed by atoms with E-state index in [0.29, 0.717) is 6.54 Å². The van der Waals surface area contributed by atoms with Gasteiger partial charge in [-0.1, -0.05) is 49.2 Å². The van der Waals surface area contributed by atoms with Crippen LogP contribution in [-0.2, 0) is 15.0 Å². The van der Waals surface area contributed by atoms with Gasteiger partial charge in [-0.3, -0.25) is 9.59 Å². The monoisotopic (exact) mass is 356 g/mol. The smallest absolute Gasteiger partial charge is 0.309 e. The molecule has 1 atom stereocenters. The van der Waals surface area contributed by atoms with Gasteiger partial charge in [-0.15, -0.1) is 11.3 Å². The Bertz CT molecular complexity index is 707. The van der Waals surface area contributed by atoms with Gasteiger partial charge in [-0.05, 0) is 36.8 Å². The SMILES string of the molecule is CC(NC(=O)C(=O)NCC1(c2cccs2)CCCC1)c1ccccc1. The van der Waals surface area contributed by atoms with Crippen LogP contribution in [0, 0.1) is 0 Å². The van der Waals surface area contributed by atoms with Gasteiger partial charge in [-0.25, -0.2) is 0 Å². The molecule has 1 heterocycles. The van der Waals surface area contributed by atoms with Gasteiger partial charge in [0.1, 0.15) is 0 Å². The van der Waals surface area contributed by atoms with Crippen LogP contribution < -0.4 is 10.6 Å². The molecule has 2 N–H and O–H groups in total. The second kappa shape index (κ2) is 7.83. The van der Waals surface area contributed by atoms with E-state index in [1.165, 1.54) is 17.7 Å². The zero-order valence-electron chi connectivity index (χ0n) is 14.5. The third-order valence-corrected chi connectivity index (χ3v) is 6.16. The molecule has 1 aromatic carbocycles. The number of nitrogens with one attached hydrogen (secondary N) is 2. The van der Waals surface area contributed by atoms with E-state index in [-0.39, 0.29) is 11.5 Å². The molecule has 1 aliphatic carbocycles. The zero-order valence-corrected chi connectivity index (χ0v) is 15.3. The van der Waals surface area contributed by atoms with Crippen LogP contribution >= 0.6 is 11.3 Å². The second-order valence-corrected chi connectivity index (χ2v) is 7.70. The first-order chi connectivity index (χ1) is 12.1. The maximum atomic E-state index is 12.3. The Morgan fingerprint density at radius 1 is 1.08 bits per heavy atom. The summed E-state index contributed by atoms with van der Waals surface area (Å²) in [6.45, 7) is 2.41. The predicted molar refractivity (Wildman–Crippen MR) is 100 cm³/mol. The lowest BCUT2D eigenvalue weighted by molar-refractivity contribution is -0.139. The summed E-state index contributed by atoms with van der Waals surface area (Å²) in [5.74, 6) is -1.12. The van der Waals surface area contributed by atoms with Crippen molar-refractivity contribution in [1.82, 2.24) is 10.6 Å². The highest BCUT2D eigenvalue weighted by atomic mass is 32.1. The summed E-state index contributed by atoms with van der Waals surface area (Å²) in [4.78, 5) is 25.8. The fourth-order valence-electron chi connectivity index (χ4n) is 3.56. The first kappa shape index (κ1) is 17.7. The quantitative estimate of drug-likeness (QED) is 0.805. The van der Waals surface area contributed by atoms with Crippen molar-refractivity contribution in [1.29, 1.82) is 0 Å². The lowest BCUT2D eigenvalue weighted by Crippen LogP contribution is -2.45. The number of hydrogen-bond acceptors (Lipinski definition) is 3. The first-order valence-electron chi connectivity index (χ1n) is 8.78. The number of thiophene rings is 1. The highest BCUT2D eigenvalue weighted by Crippen LogP contribution is 2.42. The standard InChI is InChI=1S/C20H24N2O2S/c1-15(16-8-3-2-4-9-16)22-19(24)18(23)21-14-20(11-5-6-12-20)17-10-7-13-25-17/h2-4,7-10,13,15H,5-6,11-12,14H2,1H3,(H,21,23)(H,22,24). The summed E-state index contributed by atoms with van der Waals surface area (Å²) < 4.78 is 0. The molecule has 4 nitrogen and oxygen atoms in total. The topological polar surface area (TPSA) is 58.2 Å². The van der Waals surface area contributed by atoms with Crippen LogP contribution in [0.2, 0.25) is 0 Å². The van der Waals surface area contributed by atoms with E-state index in [9.17, 15) is 9.59 Å². The van der Waals surface area contributed by atoms with Crippen LogP contribution in [0.15, 0.2) is 47.8 Å². The average molecular weight is 356 g/mol. The Balaban J connectivity index is 1.57. The normalized spacial score (nSPS) is 17.0.